The lowest BCUT2D eigenvalue weighted by atomic mass is 10.5. The minimum absolute atomic E-state index is 0.916. The van der Waals surface area contributed by atoms with E-state index in [1.165, 1.54) is 0 Å². The van der Waals surface area contributed by atoms with Crippen LogP contribution < -0.4 is 0 Å². The van der Waals surface area contributed by atoms with Crippen LogP contribution in [0.5, 0.6) is 0 Å². The van der Waals surface area contributed by atoms with E-state index in [4.69, 9.17) is 0 Å². The summed E-state index contributed by atoms with van der Waals surface area (Å²) in [4.78, 5) is 4.26. The Morgan fingerprint density at radius 2 is 2.50 bits per heavy atom. The highest BCUT2D eigenvalue weighted by Crippen LogP contribution is 2.05. The number of aryl methyl sites for hydroxylation is 1. The Morgan fingerprint density at radius 1 is 1.75 bits per heavy atom. The molecule has 0 atom stereocenters. The van der Waals surface area contributed by atoms with Crippen molar-refractivity contribution in [2.75, 3.05) is 13.6 Å². The van der Waals surface area contributed by atoms with Crippen LogP contribution in [0, 0.1) is 6.92 Å². The first-order chi connectivity index (χ1) is 5.72. The average molecular weight is 183 g/mol. The Balaban J connectivity index is 2.57. The summed E-state index contributed by atoms with van der Waals surface area (Å²) in [6.07, 6.45) is 1.78. The summed E-state index contributed by atoms with van der Waals surface area (Å²) >= 11 is 1.64. The second kappa shape index (κ2) is 4.21. The van der Waals surface area contributed by atoms with E-state index in [1.807, 2.05) is 24.4 Å². The van der Waals surface area contributed by atoms with Crippen molar-refractivity contribution in [3.8, 4) is 0 Å². The van der Waals surface area contributed by atoms with Gasteiger partial charge in [0.2, 0.25) is 0 Å². The molecule has 0 bridgehead atoms. The van der Waals surface area contributed by atoms with Gasteiger partial charge in [0.05, 0.1) is 16.9 Å². The van der Waals surface area contributed by atoms with Gasteiger partial charge in [0.25, 0.3) is 0 Å². The van der Waals surface area contributed by atoms with E-state index in [0.29, 0.717) is 0 Å². The van der Waals surface area contributed by atoms with Crippen molar-refractivity contribution in [1.82, 2.24) is 9.99 Å². The molecule has 0 N–H and O–H groups in total. The second-order valence-electron chi connectivity index (χ2n) is 2.51. The maximum atomic E-state index is 4.26. The van der Waals surface area contributed by atoms with Crippen LogP contribution in [0.2, 0.25) is 0 Å². The largest absolute Gasteiger partial charge is 0.300 e. The first-order valence-corrected chi connectivity index (χ1v) is 4.77. The molecule has 0 saturated carbocycles. The van der Waals surface area contributed by atoms with Crippen LogP contribution in [0.25, 0.3) is 0 Å². The predicted molar refractivity (Wildman–Crippen MR) is 52.7 cm³/mol. The summed E-state index contributed by atoms with van der Waals surface area (Å²) in [5, 5.41) is 9.13. The molecule has 1 aromatic rings. The molecule has 1 rings (SSSR count). The van der Waals surface area contributed by atoms with Crippen LogP contribution >= 0.6 is 11.3 Å². The maximum absolute atomic E-state index is 4.26. The lowest BCUT2D eigenvalue weighted by Gasteiger charge is -2.06. The van der Waals surface area contributed by atoms with Gasteiger partial charge in [0.15, 0.2) is 0 Å². The van der Waals surface area contributed by atoms with Crippen molar-refractivity contribution in [2.24, 2.45) is 5.10 Å². The summed E-state index contributed by atoms with van der Waals surface area (Å²) in [5.74, 6) is 0. The zero-order valence-electron chi connectivity index (χ0n) is 7.61. The van der Waals surface area contributed by atoms with E-state index in [1.54, 1.807) is 17.6 Å². The molecule has 0 aromatic carbocycles. The number of hydrogen-bond donors (Lipinski definition) is 0. The molecule has 0 fully saturated rings. The van der Waals surface area contributed by atoms with Gasteiger partial charge in [-0.05, 0) is 13.8 Å². The van der Waals surface area contributed by atoms with E-state index >= 15 is 0 Å². The minimum atomic E-state index is 0.916. The van der Waals surface area contributed by atoms with Gasteiger partial charge >= 0.3 is 0 Å². The van der Waals surface area contributed by atoms with E-state index in [-0.39, 0.29) is 0 Å². The van der Waals surface area contributed by atoms with Crippen molar-refractivity contribution in [3.63, 3.8) is 0 Å². The van der Waals surface area contributed by atoms with Gasteiger partial charge in [0, 0.05) is 19.0 Å². The molecule has 0 aliphatic carbocycles. The standard InChI is InChI=1S/C8H13N3S/c1-4-11(3)9-5-8-6-12-7(2)10-8/h5-6H,4H2,1-3H3/b9-5+. The Kier molecular flexibility index (Phi) is 3.22. The molecule has 1 aromatic heterocycles. The molecule has 0 spiro atoms. The van der Waals surface area contributed by atoms with E-state index in [9.17, 15) is 0 Å². The lowest BCUT2D eigenvalue weighted by molar-refractivity contribution is 0.377. The molecule has 12 heavy (non-hydrogen) atoms. The SMILES string of the molecule is CCN(C)/N=C/c1csc(C)n1. The van der Waals surface area contributed by atoms with Crippen LogP contribution in [0.4, 0.5) is 0 Å². The zero-order chi connectivity index (χ0) is 8.97. The molecular formula is C8H13N3S. The fraction of sp³-hybridized carbons (Fsp3) is 0.500. The molecule has 0 radical (unpaired) electrons. The van der Waals surface area contributed by atoms with E-state index in [2.05, 4.69) is 17.0 Å². The lowest BCUT2D eigenvalue weighted by Crippen LogP contribution is -2.09. The first-order valence-electron chi connectivity index (χ1n) is 3.89. The normalized spacial score (nSPS) is 10.9. The van der Waals surface area contributed by atoms with Gasteiger partial charge < -0.3 is 5.01 Å². The third kappa shape index (κ3) is 2.62. The Labute approximate surface area is 76.7 Å². The quantitative estimate of drug-likeness (QED) is 0.527. The molecule has 0 aliphatic heterocycles. The van der Waals surface area contributed by atoms with Crippen LogP contribution in [0.1, 0.15) is 17.6 Å². The molecule has 66 valence electrons. The van der Waals surface area contributed by atoms with Gasteiger partial charge in [0.1, 0.15) is 0 Å². The summed E-state index contributed by atoms with van der Waals surface area (Å²) in [6.45, 7) is 4.97. The fourth-order valence-electron chi connectivity index (χ4n) is 0.679. The monoisotopic (exact) mass is 183 g/mol. The summed E-state index contributed by atoms with van der Waals surface area (Å²) in [6, 6.07) is 0. The van der Waals surface area contributed by atoms with Crippen molar-refractivity contribution >= 4 is 17.6 Å². The van der Waals surface area contributed by atoms with Crippen LogP contribution in [0.3, 0.4) is 0 Å². The summed E-state index contributed by atoms with van der Waals surface area (Å²) < 4.78 is 0. The van der Waals surface area contributed by atoms with Gasteiger partial charge in [-0.2, -0.15) is 5.10 Å². The third-order valence-corrected chi connectivity index (χ3v) is 2.27. The van der Waals surface area contributed by atoms with E-state index < -0.39 is 0 Å². The fourth-order valence-corrected chi connectivity index (χ4v) is 1.24. The van der Waals surface area contributed by atoms with Gasteiger partial charge in [-0.15, -0.1) is 11.3 Å². The average Bonchev–Trinajstić information content (AvgIpc) is 2.47. The first kappa shape index (κ1) is 9.19. The van der Waals surface area contributed by atoms with Gasteiger partial charge in [-0.25, -0.2) is 4.98 Å². The number of hydrogen-bond acceptors (Lipinski definition) is 4. The van der Waals surface area contributed by atoms with Crippen molar-refractivity contribution in [2.45, 2.75) is 13.8 Å². The smallest absolute Gasteiger partial charge is 0.0942 e. The minimum Gasteiger partial charge on any atom is -0.300 e. The third-order valence-electron chi connectivity index (χ3n) is 1.48. The molecule has 0 unspecified atom stereocenters. The van der Waals surface area contributed by atoms with Crippen LogP contribution in [0.15, 0.2) is 10.5 Å². The van der Waals surface area contributed by atoms with Crippen molar-refractivity contribution < 1.29 is 0 Å². The Hall–Kier alpha value is -0.900. The highest BCUT2D eigenvalue weighted by molar-refractivity contribution is 7.09. The van der Waals surface area contributed by atoms with Crippen molar-refractivity contribution in [1.29, 1.82) is 0 Å². The van der Waals surface area contributed by atoms with Crippen LogP contribution in [-0.2, 0) is 0 Å². The maximum Gasteiger partial charge on any atom is 0.0942 e. The number of aromatic nitrogens is 1. The highest BCUT2D eigenvalue weighted by Gasteiger charge is 1.93. The molecule has 1 heterocycles. The predicted octanol–water partition coefficient (Wildman–Crippen LogP) is 1.74. The highest BCUT2D eigenvalue weighted by atomic mass is 32.1. The summed E-state index contributed by atoms with van der Waals surface area (Å²) in [7, 11) is 1.94. The number of nitrogens with zero attached hydrogens (tertiary/aromatic N) is 3. The second-order valence-corrected chi connectivity index (χ2v) is 3.57. The molecule has 4 heteroatoms. The topological polar surface area (TPSA) is 28.5 Å². The molecule has 3 nitrogen and oxygen atoms in total. The van der Waals surface area contributed by atoms with Crippen LogP contribution in [-0.4, -0.2) is 29.8 Å². The van der Waals surface area contributed by atoms with Crippen molar-refractivity contribution in [3.05, 3.63) is 16.1 Å². The zero-order valence-corrected chi connectivity index (χ0v) is 8.43. The number of thiazole rings is 1. The molecule has 0 amide bonds. The number of hydrazone groups is 1. The summed E-state index contributed by atoms with van der Waals surface area (Å²) in [5.41, 5.74) is 0.942. The molecule has 0 saturated heterocycles. The van der Waals surface area contributed by atoms with Gasteiger partial charge in [-0.3, -0.25) is 0 Å². The molecule has 0 aliphatic rings. The molecular weight excluding hydrogens is 170 g/mol. The Morgan fingerprint density at radius 3 is 3.00 bits per heavy atom. The van der Waals surface area contributed by atoms with Gasteiger partial charge in [-0.1, -0.05) is 0 Å². The Bertz CT molecular complexity index is 267. The van der Waals surface area contributed by atoms with E-state index in [0.717, 1.165) is 17.2 Å². The number of rotatable bonds is 3.